The number of carbonyl (C=O) groups excluding carboxylic acids is 2. The summed E-state index contributed by atoms with van der Waals surface area (Å²) < 4.78 is 0. The third-order valence-corrected chi connectivity index (χ3v) is 5.19. The van der Waals surface area contributed by atoms with Crippen LogP contribution in [0.25, 0.3) is 0 Å². The normalized spacial score (nSPS) is 15.6. The highest BCUT2D eigenvalue weighted by molar-refractivity contribution is 7.99. The zero-order valence-electron chi connectivity index (χ0n) is 13.5. The van der Waals surface area contributed by atoms with Crippen LogP contribution in [-0.4, -0.2) is 30.7 Å². The van der Waals surface area contributed by atoms with Crippen molar-refractivity contribution in [2.45, 2.75) is 17.7 Å². The Morgan fingerprint density at radius 3 is 2.71 bits per heavy atom. The first-order chi connectivity index (χ1) is 11.6. The number of fused-ring (bicyclic) bond motifs is 1. The van der Waals surface area contributed by atoms with E-state index < -0.39 is 0 Å². The van der Waals surface area contributed by atoms with Crippen molar-refractivity contribution in [2.24, 2.45) is 0 Å². The van der Waals surface area contributed by atoms with E-state index in [-0.39, 0.29) is 17.7 Å². The highest BCUT2D eigenvalue weighted by atomic mass is 32.2. The van der Waals surface area contributed by atoms with Crippen molar-refractivity contribution in [1.82, 2.24) is 10.6 Å². The Morgan fingerprint density at radius 2 is 1.88 bits per heavy atom. The topological polar surface area (TPSA) is 58.2 Å². The summed E-state index contributed by atoms with van der Waals surface area (Å²) in [6.07, 6.45) is 0. The molecule has 0 bridgehead atoms. The predicted octanol–water partition coefficient (Wildman–Crippen LogP) is 2.73. The van der Waals surface area contributed by atoms with Gasteiger partial charge in [0.2, 0.25) is 5.91 Å². The van der Waals surface area contributed by atoms with Gasteiger partial charge in [-0.1, -0.05) is 35.9 Å². The monoisotopic (exact) mass is 340 g/mol. The van der Waals surface area contributed by atoms with Gasteiger partial charge in [-0.25, -0.2) is 0 Å². The molecule has 5 heteroatoms. The van der Waals surface area contributed by atoms with Gasteiger partial charge in [0, 0.05) is 29.3 Å². The van der Waals surface area contributed by atoms with Crippen LogP contribution < -0.4 is 10.6 Å². The molecule has 3 rings (SSSR count). The lowest BCUT2D eigenvalue weighted by molar-refractivity contribution is -0.122. The molecular formula is C19H20N2O2S. The Bertz CT molecular complexity index is 761. The number of benzene rings is 2. The van der Waals surface area contributed by atoms with Gasteiger partial charge >= 0.3 is 0 Å². The molecule has 1 heterocycles. The smallest absolute Gasteiger partial charge is 0.251 e. The van der Waals surface area contributed by atoms with Gasteiger partial charge in [0.05, 0.1) is 5.92 Å². The van der Waals surface area contributed by atoms with Crippen molar-refractivity contribution in [3.63, 3.8) is 0 Å². The molecule has 0 aliphatic carbocycles. The molecule has 0 spiro atoms. The van der Waals surface area contributed by atoms with Crippen molar-refractivity contribution in [3.8, 4) is 0 Å². The minimum atomic E-state index is -0.116. The third kappa shape index (κ3) is 3.79. The molecule has 2 N–H and O–H groups in total. The maximum Gasteiger partial charge on any atom is 0.251 e. The van der Waals surface area contributed by atoms with E-state index in [1.165, 1.54) is 4.90 Å². The standard InChI is InChI=1S/C19H20N2O2S/c1-13-5-4-6-14(11-13)18(22)20-9-10-21-19(23)16-12-24-17-8-3-2-7-15(16)17/h2-8,11,16H,9-10,12H2,1H3,(H,20,22)(H,21,23). The first-order valence-electron chi connectivity index (χ1n) is 7.99. The van der Waals surface area contributed by atoms with Gasteiger partial charge in [0.25, 0.3) is 5.91 Å². The maximum atomic E-state index is 12.3. The number of hydrogen-bond donors (Lipinski definition) is 2. The second-order valence-corrected chi connectivity index (χ2v) is 6.88. The average molecular weight is 340 g/mol. The summed E-state index contributed by atoms with van der Waals surface area (Å²) in [5, 5.41) is 5.75. The van der Waals surface area contributed by atoms with Gasteiger partial charge < -0.3 is 10.6 Å². The largest absolute Gasteiger partial charge is 0.354 e. The van der Waals surface area contributed by atoms with Crippen molar-refractivity contribution in [3.05, 3.63) is 65.2 Å². The third-order valence-electron chi connectivity index (χ3n) is 4.01. The number of thioether (sulfide) groups is 1. The second kappa shape index (κ2) is 7.53. The van der Waals surface area contributed by atoms with Gasteiger partial charge in [-0.15, -0.1) is 11.8 Å². The molecule has 124 valence electrons. The van der Waals surface area contributed by atoms with Crippen LogP contribution in [0, 0.1) is 6.92 Å². The van der Waals surface area contributed by atoms with Gasteiger partial charge in [0.15, 0.2) is 0 Å². The fourth-order valence-corrected chi connectivity index (χ4v) is 3.98. The molecule has 24 heavy (non-hydrogen) atoms. The number of nitrogens with one attached hydrogen (secondary N) is 2. The highest BCUT2D eigenvalue weighted by Gasteiger charge is 2.28. The fourth-order valence-electron chi connectivity index (χ4n) is 2.75. The van der Waals surface area contributed by atoms with E-state index in [0.29, 0.717) is 18.7 Å². The van der Waals surface area contributed by atoms with Gasteiger partial charge in [-0.3, -0.25) is 9.59 Å². The summed E-state index contributed by atoms with van der Waals surface area (Å²) in [7, 11) is 0. The van der Waals surface area contributed by atoms with Gasteiger partial charge in [-0.2, -0.15) is 0 Å². The fraction of sp³-hybridized carbons (Fsp3) is 0.263. The number of hydrogen-bond acceptors (Lipinski definition) is 3. The van der Waals surface area contributed by atoms with Crippen molar-refractivity contribution in [1.29, 1.82) is 0 Å². The second-order valence-electron chi connectivity index (χ2n) is 5.82. The Morgan fingerprint density at radius 1 is 1.08 bits per heavy atom. The molecular weight excluding hydrogens is 320 g/mol. The molecule has 1 unspecified atom stereocenters. The van der Waals surface area contributed by atoms with E-state index in [9.17, 15) is 9.59 Å². The van der Waals surface area contributed by atoms with E-state index in [1.54, 1.807) is 17.8 Å². The molecule has 2 aromatic carbocycles. The summed E-state index contributed by atoms with van der Waals surface area (Å²) in [5.41, 5.74) is 2.79. The quantitative estimate of drug-likeness (QED) is 0.823. The predicted molar refractivity (Wildman–Crippen MR) is 96.4 cm³/mol. The highest BCUT2D eigenvalue weighted by Crippen LogP contribution is 2.39. The molecule has 1 atom stereocenters. The molecule has 1 aliphatic heterocycles. The van der Waals surface area contributed by atoms with Crippen LogP contribution >= 0.6 is 11.8 Å². The SMILES string of the molecule is Cc1cccc(C(=O)NCCNC(=O)C2CSc3ccccc32)c1. The number of amides is 2. The minimum absolute atomic E-state index is 0.0252. The lowest BCUT2D eigenvalue weighted by atomic mass is 10.0. The van der Waals surface area contributed by atoms with E-state index in [1.807, 2.05) is 43.3 Å². The molecule has 0 saturated carbocycles. The Labute approximate surface area is 146 Å². The minimum Gasteiger partial charge on any atom is -0.354 e. The Balaban J connectivity index is 1.46. The van der Waals surface area contributed by atoms with Crippen molar-refractivity contribution >= 4 is 23.6 Å². The van der Waals surface area contributed by atoms with E-state index in [2.05, 4.69) is 16.7 Å². The van der Waals surface area contributed by atoms with E-state index in [4.69, 9.17) is 0 Å². The van der Waals surface area contributed by atoms with Crippen molar-refractivity contribution in [2.75, 3.05) is 18.8 Å². The number of carbonyl (C=O) groups is 2. The van der Waals surface area contributed by atoms with Crippen LogP contribution in [0.1, 0.15) is 27.4 Å². The summed E-state index contributed by atoms with van der Waals surface area (Å²) in [4.78, 5) is 25.6. The maximum absolute atomic E-state index is 12.3. The molecule has 4 nitrogen and oxygen atoms in total. The van der Waals surface area contributed by atoms with Gasteiger partial charge in [0.1, 0.15) is 0 Å². The van der Waals surface area contributed by atoms with Crippen LogP contribution in [0.5, 0.6) is 0 Å². The van der Waals surface area contributed by atoms with Crippen LogP contribution in [0.4, 0.5) is 0 Å². The van der Waals surface area contributed by atoms with Gasteiger partial charge in [-0.05, 0) is 30.7 Å². The molecule has 0 fully saturated rings. The van der Waals surface area contributed by atoms with Crippen LogP contribution in [0.15, 0.2) is 53.4 Å². The molecule has 1 aliphatic rings. The first kappa shape index (κ1) is 16.6. The van der Waals surface area contributed by atoms with Crippen LogP contribution in [0.2, 0.25) is 0 Å². The van der Waals surface area contributed by atoms with Crippen molar-refractivity contribution < 1.29 is 9.59 Å². The zero-order chi connectivity index (χ0) is 16.9. The van der Waals surface area contributed by atoms with Crippen LogP contribution in [-0.2, 0) is 4.79 Å². The first-order valence-corrected chi connectivity index (χ1v) is 8.98. The molecule has 0 radical (unpaired) electrons. The summed E-state index contributed by atoms with van der Waals surface area (Å²) in [6.45, 7) is 2.80. The lowest BCUT2D eigenvalue weighted by Gasteiger charge is -2.12. The molecule has 0 saturated heterocycles. The molecule has 0 aromatic heterocycles. The summed E-state index contributed by atoms with van der Waals surface area (Å²) in [6, 6.07) is 15.5. The van der Waals surface area contributed by atoms with E-state index >= 15 is 0 Å². The average Bonchev–Trinajstić information content (AvgIpc) is 3.02. The number of rotatable bonds is 5. The summed E-state index contributed by atoms with van der Waals surface area (Å²) in [5.74, 6) is 0.589. The number of aryl methyl sites for hydroxylation is 1. The molecule has 2 amide bonds. The van der Waals surface area contributed by atoms with Crippen LogP contribution in [0.3, 0.4) is 0 Å². The molecule has 2 aromatic rings. The zero-order valence-corrected chi connectivity index (χ0v) is 14.4. The Kier molecular flexibility index (Phi) is 5.20. The summed E-state index contributed by atoms with van der Waals surface area (Å²) >= 11 is 1.72. The van der Waals surface area contributed by atoms with E-state index in [0.717, 1.165) is 16.9 Å². The Hall–Kier alpha value is -2.27. The lowest BCUT2D eigenvalue weighted by Crippen LogP contribution is -2.37.